The third kappa shape index (κ3) is 1.72. The molecule has 0 radical (unpaired) electrons. The van der Waals surface area contributed by atoms with Gasteiger partial charge in [0.15, 0.2) is 0 Å². The lowest BCUT2D eigenvalue weighted by molar-refractivity contribution is 0.0635. The van der Waals surface area contributed by atoms with E-state index in [-0.39, 0.29) is 16.8 Å². The van der Waals surface area contributed by atoms with E-state index < -0.39 is 6.04 Å². The molecule has 0 saturated carbocycles. The Balaban J connectivity index is 2.49. The van der Waals surface area contributed by atoms with Crippen molar-refractivity contribution >= 4 is 29.0 Å². The Morgan fingerprint density at radius 1 is 1.29 bits per heavy atom. The van der Waals surface area contributed by atoms with E-state index in [0.717, 1.165) is 10.5 Å². The number of hydrogen-bond acceptors (Lipinski definition) is 3. The first-order valence-corrected chi connectivity index (χ1v) is 5.62. The van der Waals surface area contributed by atoms with E-state index in [1.54, 1.807) is 25.1 Å². The van der Waals surface area contributed by atoms with Crippen molar-refractivity contribution in [2.45, 2.75) is 19.9 Å². The lowest BCUT2D eigenvalue weighted by atomic mass is 10.1. The predicted octanol–water partition coefficient (Wildman–Crippen LogP) is 1.27. The minimum absolute atomic E-state index is 0.135. The number of aryl methyl sites for hydroxylation is 1. The first-order chi connectivity index (χ1) is 7.93. The van der Waals surface area contributed by atoms with Crippen molar-refractivity contribution in [3.05, 3.63) is 34.9 Å². The van der Waals surface area contributed by atoms with E-state index in [1.807, 2.05) is 6.92 Å². The zero-order valence-electron chi connectivity index (χ0n) is 9.56. The van der Waals surface area contributed by atoms with E-state index in [1.165, 1.54) is 0 Å². The Morgan fingerprint density at radius 3 is 2.47 bits per heavy atom. The molecule has 2 amide bonds. The first-order valence-electron chi connectivity index (χ1n) is 5.21. The van der Waals surface area contributed by atoms with Crippen molar-refractivity contribution in [3.8, 4) is 0 Å². The van der Waals surface area contributed by atoms with Gasteiger partial charge in [0.05, 0.1) is 22.2 Å². The molecule has 0 aliphatic carbocycles. The molecule has 1 aliphatic heterocycles. The highest BCUT2D eigenvalue weighted by atomic mass is 32.1. The second-order valence-corrected chi connectivity index (χ2v) is 4.58. The number of imide groups is 1. The first kappa shape index (κ1) is 11.7. The molecule has 1 aliphatic rings. The van der Waals surface area contributed by atoms with E-state index >= 15 is 0 Å². The van der Waals surface area contributed by atoms with Crippen LogP contribution in [-0.4, -0.2) is 27.7 Å². The highest BCUT2D eigenvalue weighted by molar-refractivity contribution is 7.80. The van der Waals surface area contributed by atoms with E-state index in [2.05, 4.69) is 0 Å². The number of thiocarbonyl (C=S) groups is 1. The van der Waals surface area contributed by atoms with Gasteiger partial charge in [-0.15, -0.1) is 0 Å². The van der Waals surface area contributed by atoms with Crippen LogP contribution in [0, 0.1) is 6.92 Å². The maximum atomic E-state index is 12.1. The molecule has 0 bridgehead atoms. The largest absolute Gasteiger partial charge is 0.392 e. The minimum Gasteiger partial charge on any atom is -0.392 e. The Bertz CT molecular complexity index is 539. The summed E-state index contributed by atoms with van der Waals surface area (Å²) in [4.78, 5) is 25.4. The second-order valence-electron chi connectivity index (χ2n) is 4.11. The van der Waals surface area contributed by atoms with Crippen LogP contribution in [0.3, 0.4) is 0 Å². The topological polar surface area (TPSA) is 63.4 Å². The standard InChI is InChI=1S/C12H12N2O2S/c1-6-3-4-8-9(5-6)12(16)14(11(8)15)7(2)10(13)17/h3-5,7H,1-2H3,(H2,13,17). The van der Waals surface area contributed by atoms with Crippen molar-refractivity contribution in [3.63, 3.8) is 0 Å². The van der Waals surface area contributed by atoms with E-state index in [4.69, 9.17) is 18.0 Å². The van der Waals surface area contributed by atoms with Crippen molar-refractivity contribution in [1.29, 1.82) is 0 Å². The molecule has 1 aromatic carbocycles. The molecule has 5 heteroatoms. The van der Waals surface area contributed by atoms with Gasteiger partial charge in [0, 0.05) is 0 Å². The monoisotopic (exact) mass is 248 g/mol. The van der Waals surface area contributed by atoms with Gasteiger partial charge < -0.3 is 5.73 Å². The fraction of sp³-hybridized carbons (Fsp3) is 0.250. The molecular formula is C12H12N2O2S. The van der Waals surface area contributed by atoms with Crippen LogP contribution >= 0.6 is 12.2 Å². The molecule has 2 N–H and O–H groups in total. The maximum Gasteiger partial charge on any atom is 0.262 e. The smallest absolute Gasteiger partial charge is 0.262 e. The zero-order chi connectivity index (χ0) is 12.7. The second kappa shape index (κ2) is 3.92. The molecule has 0 spiro atoms. The van der Waals surface area contributed by atoms with Crippen molar-refractivity contribution in [2.24, 2.45) is 5.73 Å². The van der Waals surface area contributed by atoms with Crippen LogP contribution in [0.2, 0.25) is 0 Å². The Morgan fingerprint density at radius 2 is 1.88 bits per heavy atom. The highest BCUT2D eigenvalue weighted by Crippen LogP contribution is 2.25. The number of hydrogen-bond donors (Lipinski definition) is 1. The van der Waals surface area contributed by atoms with Crippen LogP contribution in [0.4, 0.5) is 0 Å². The van der Waals surface area contributed by atoms with Crippen LogP contribution in [0.5, 0.6) is 0 Å². The maximum absolute atomic E-state index is 12.1. The molecule has 1 aromatic rings. The quantitative estimate of drug-likeness (QED) is 0.632. The number of benzene rings is 1. The van der Waals surface area contributed by atoms with Crippen molar-refractivity contribution in [1.82, 2.24) is 4.90 Å². The summed E-state index contributed by atoms with van der Waals surface area (Å²) in [5.74, 6) is -0.653. The Kier molecular flexibility index (Phi) is 2.71. The van der Waals surface area contributed by atoms with Gasteiger partial charge in [0.25, 0.3) is 11.8 Å². The van der Waals surface area contributed by atoms with Gasteiger partial charge in [-0.2, -0.15) is 0 Å². The number of fused-ring (bicyclic) bond motifs is 1. The summed E-state index contributed by atoms with van der Waals surface area (Å²) in [5.41, 5.74) is 7.28. The molecular weight excluding hydrogens is 236 g/mol. The number of carbonyl (C=O) groups excluding carboxylic acids is 2. The third-order valence-corrected chi connectivity index (χ3v) is 3.21. The summed E-state index contributed by atoms with van der Waals surface area (Å²) in [6.45, 7) is 3.52. The normalized spacial score (nSPS) is 16.0. The average molecular weight is 248 g/mol. The fourth-order valence-electron chi connectivity index (χ4n) is 1.85. The minimum atomic E-state index is -0.558. The molecule has 1 atom stereocenters. The molecule has 1 unspecified atom stereocenters. The zero-order valence-corrected chi connectivity index (χ0v) is 10.4. The number of nitrogens with zero attached hydrogens (tertiary/aromatic N) is 1. The van der Waals surface area contributed by atoms with Gasteiger partial charge in [-0.1, -0.05) is 23.8 Å². The third-order valence-electron chi connectivity index (χ3n) is 2.87. The summed E-state index contributed by atoms with van der Waals surface area (Å²) >= 11 is 4.83. The molecule has 0 fully saturated rings. The number of rotatable bonds is 2. The summed E-state index contributed by atoms with van der Waals surface area (Å²) in [7, 11) is 0. The summed E-state index contributed by atoms with van der Waals surface area (Å²) in [6, 6.07) is 4.62. The fourth-order valence-corrected chi connectivity index (χ4v) is 1.96. The number of carbonyl (C=O) groups is 2. The van der Waals surface area contributed by atoms with Gasteiger partial charge in [0.1, 0.15) is 0 Å². The van der Waals surface area contributed by atoms with Gasteiger partial charge in [-0.25, -0.2) is 0 Å². The molecule has 1 heterocycles. The van der Waals surface area contributed by atoms with Crippen LogP contribution < -0.4 is 5.73 Å². The van der Waals surface area contributed by atoms with Gasteiger partial charge in [-0.3, -0.25) is 14.5 Å². The van der Waals surface area contributed by atoms with E-state index in [9.17, 15) is 9.59 Å². The lowest BCUT2D eigenvalue weighted by Crippen LogP contribution is -2.45. The molecule has 88 valence electrons. The lowest BCUT2D eigenvalue weighted by Gasteiger charge is -2.20. The number of nitrogens with two attached hydrogens (primary N) is 1. The summed E-state index contributed by atoms with van der Waals surface area (Å²) in [6.07, 6.45) is 0. The van der Waals surface area contributed by atoms with E-state index in [0.29, 0.717) is 11.1 Å². The summed E-state index contributed by atoms with van der Waals surface area (Å²) in [5, 5.41) is 0. The predicted molar refractivity (Wildman–Crippen MR) is 67.9 cm³/mol. The van der Waals surface area contributed by atoms with Crippen LogP contribution in [-0.2, 0) is 0 Å². The molecule has 17 heavy (non-hydrogen) atoms. The van der Waals surface area contributed by atoms with Crippen LogP contribution in [0.1, 0.15) is 33.2 Å². The average Bonchev–Trinajstić information content (AvgIpc) is 2.50. The van der Waals surface area contributed by atoms with Gasteiger partial charge in [0.2, 0.25) is 0 Å². The molecule has 4 nitrogen and oxygen atoms in total. The Hall–Kier alpha value is -1.75. The van der Waals surface area contributed by atoms with Crippen molar-refractivity contribution in [2.75, 3.05) is 0 Å². The SMILES string of the molecule is Cc1ccc2c(c1)C(=O)N(C(C)C(N)=S)C2=O. The van der Waals surface area contributed by atoms with Crippen LogP contribution in [0.15, 0.2) is 18.2 Å². The van der Waals surface area contributed by atoms with Crippen LogP contribution in [0.25, 0.3) is 0 Å². The molecule has 0 aromatic heterocycles. The molecule has 0 saturated heterocycles. The van der Waals surface area contributed by atoms with Gasteiger partial charge >= 0.3 is 0 Å². The van der Waals surface area contributed by atoms with Gasteiger partial charge in [-0.05, 0) is 26.0 Å². The summed E-state index contributed by atoms with van der Waals surface area (Å²) < 4.78 is 0. The Labute approximate surface area is 104 Å². The number of amides is 2. The molecule has 2 rings (SSSR count). The van der Waals surface area contributed by atoms with Crippen molar-refractivity contribution < 1.29 is 9.59 Å². The highest BCUT2D eigenvalue weighted by Gasteiger charge is 2.39.